The molecule has 5 rings (SSSR count). The van der Waals surface area contributed by atoms with Crippen molar-refractivity contribution in [1.82, 2.24) is 5.32 Å². The van der Waals surface area contributed by atoms with E-state index in [0.29, 0.717) is 16.2 Å². The molecule has 0 aromatic heterocycles. The monoisotopic (exact) mass is 443 g/mol. The lowest BCUT2D eigenvalue weighted by molar-refractivity contribution is -0.137. The third-order valence-corrected chi connectivity index (χ3v) is 6.73. The number of nitrogens with zero attached hydrogens (tertiary/aromatic N) is 1. The fourth-order valence-electron chi connectivity index (χ4n) is 5.41. The second kappa shape index (κ2) is 6.65. The van der Waals surface area contributed by atoms with Gasteiger partial charge in [0.25, 0.3) is 0 Å². The zero-order valence-electron chi connectivity index (χ0n) is 17.2. The molecule has 3 aliphatic heterocycles. The topological polar surface area (TPSA) is 78.5 Å². The molecular formula is C23H20F3N3O3. The first-order chi connectivity index (χ1) is 15.1. The van der Waals surface area contributed by atoms with E-state index in [2.05, 4.69) is 10.6 Å². The van der Waals surface area contributed by atoms with Gasteiger partial charge in [-0.2, -0.15) is 13.2 Å². The molecule has 0 saturated carbocycles. The molecule has 6 nitrogen and oxygen atoms in total. The molecule has 2 saturated heterocycles. The summed E-state index contributed by atoms with van der Waals surface area (Å²) in [6.45, 7) is 3.69. The van der Waals surface area contributed by atoms with E-state index in [1.54, 1.807) is 24.3 Å². The Balaban J connectivity index is 1.70. The van der Waals surface area contributed by atoms with E-state index in [0.717, 1.165) is 12.1 Å². The van der Waals surface area contributed by atoms with Crippen molar-refractivity contribution in [3.8, 4) is 0 Å². The minimum Gasteiger partial charge on any atom is -0.324 e. The van der Waals surface area contributed by atoms with Crippen molar-refractivity contribution in [3.05, 3.63) is 59.7 Å². The Hall–Kier alpha value is -3.20. The number of anilines is 2. The molecule has 2 aromatic carbocycles. The Morgan fingerprint density at radius 1 is 0.969 bits per heavy atom. The second-order valence-corrected chi connectivity index (χ2v) is 8.75. The van der Waals surface area contributed by atoms with Gasteiger partial charge in [0.1, 0.15) is 5.54 Å². The molecule has 4 atom stereocenters. The number of hydrogen-bond donors (Lipinski definition) is 2. The number of para-hydroxylation sites is 2. The van der Waals surface area contributed by atoms with Crippen LogP contribution in [0.2, 0.25) is 0 Å². The summed E-state index contributed by atoms with van der Waals surface area (Å²) in [7, 11) is 0. The third-order valence-electron chi connectivity index (χ3n) is 6.73. The van der Waals surface area contributed by atoms with Gasteiger partial charge in [-0.3, -0.25) is 19.7 Å². The summed E-state index contributed by atoms with van der Waals surface area (Å²) in [5, 5.41) is 6.01. The largest absolute Gasteiger partial charge is 0.418 e. The molecule has 1 spiro atoms. The van der Waals surface area contributed by atoms with Crippen LogP contribution in [0.5, 0.6) is 0 Å². The van der Waals surface area contributed by atoms with Crippen LogP contribution >= 0.6 is 0 Å². The average Bonchev–Trinajstić information content (AvgIpc) is 3.32. The van der Waals surface area contributed by atoms with E-state index < -0.39 is 58.6 Å². The number of alkyl halides is 3. The Labute approximate surface area is 181 Å². The quantitative estimate of drug-likeness (QED) is 0.699. The summed E-state index contributed by atoms with van der Waals surface area (Å²) in [4.78, 5) is 41.1. The highest BCUT2D eigenvalue weighted by molar-refractivity contribution is 6.26. The molecule has 3 amide bonds. The summed E-state index contributed by atoms with van der Waals surface area (Å²) < 4.78 is 41.0. The van der Waals surface area contributed by atoms with E-state index >= 15 is 0 Å². The molecular weight excluding hydrogens is 423 g/mol. The van der Waals surface area contributed by atoms with E-state index in [4.69, 9.17) is 0 Å². The Morgan fingerprint density at radius 2 is 1.62 bits per heavy atom. The Morgan fingerprint density at radius 3 is 2.31 bits per heavy atom. The van der Waals surface area contributed by atoms with Crippen LogP contribution in [0.25, 0.3) is 0 Å². The number of benzene rings is 2. The number of halogens is 3. The standard InChI is InChI=1S/C23H20F3N3O3/c1-11(2)18-16-17(22(28-18)12-7-3-5-9-14(12)27-21(22)32)20(31)29(19(16)30)15-10-6-4-8-13(15)23(24,25)26/h3-11,16-18,28H,1-2H3,(H,27,32)/t16-,17-,18-,22-/m0/s1. The maximum absolute atomic E-state index is 13.7. The Bertz CT molecular complexity index is 1160. The van der Waals surface area contributed by atoms with Crippen molar-refractivity contribution in [3.63, 3.8) is 0 Å². The van der Waals surface area contributed by atoms with E-state index in [1.807, 2.05) is 13.8 Å². The predicted octanol–water partition coefficient (Wildman–Crippen LogP) is 3.29. The smallest absolute Gasteiger partial charge is 0.324 e. The number of fused-ring (bicyclic) bond motifs is 4. The van der Waals surface area contributed by atoms with Gasteiger partial charge in [0.05, 0.1) is 23.1 Å². The highest BCUT2D eigenvalue weighted by Gasteiger charge is 2.71. The highest BCUT2D eigenvalue weighted by Crippen LogP contribution is 2.55. The first-order valence-corrected chi connectivity index (χ1v) is 10.3. The molecule has 166 valence electrons. The van der Waals surface area contributed by atoms with Crippen LogP contribution in [0.15, 0.2) is 48.5 Å². The van der Waals surface area contributed by atoms with Crippen molar-refractivity contribution < 1.29 is 27.6 Å². The maximum atomic E-state index is 13.7. The Kier molecular flexibility index (Phi) is 4.30. The molecule has 0 radical (unpaired) electrons. The van der Waals surface area contributed by atoms with Crippen molar-refractivity contribution in [1.29, 1.82) is 0 Å². The number of hydrogen-bond acceptors (Lipinski definition) is 4. The van der Waals surface area contributed by atoms with E-state index in [9.17, 15) is 27.6 Å². The number of rotatable bonds is 2. The summed E-state index contributed by atoms with van der Waals surface area (Å²) in [5.74, 6) is -4.30. The third kappa shape index (κ3) is 2.54. The van der Waals surface area contributed by atoms with Crippen molar-refractivity contribution in [2.24, 2.45) is 17.8 Å². The van der Waals surface area contributed by atoms with Crippen molar-refractivity contribution >= 4 is 29.1 Å². The minimum absolute atomic E-state index is 0.156. The zero-order valence-corrected chi connectivity index (χ0v) is 17.2. The molecule has 2 N–H and O–H groups in total. The molecule has 2 fully saturated rings. The number of carbonyl (C=O) groups excluding carboxylic acids is 3. The van der Waals surface area contributed by atoms with Crippen LogP contribution in [-0.4, -0.2) is 23.8 Å². The van der Waals surface area contributed by atoms with Crippen molar-refractivity contribution in [2.75, 3.05) is 10.2 Å². The van der Waals surface area contributed by atoms with E-state index in [1.165, 1.54) is 12.1 Å². The SMILES string of the molecule is CC(C)[C@@H]1N[C@]2(C(=O)Nc3ccccc32)[C@@H]2C(=O)N(c3ccccc3C(F)(F)F)C(=O)[C@@H]21. The molecule has 2 aromatic rings. The summed E-state index contributed by atoms with van der Waals surface area (Å²) >= 11 is 0. The number of amides is 3. The maximum Gasteiger partial charge on any atom is 0.418 e. The summed E-state index contributed by atoms with van der Waals surface area (Å²) in [6.07, 6.45) is -4.75. The number of nitrogens with one attached hydrogen (secondary N) is 2. The molecule has 3 heterocycles. The average molecular weight is 443 g/mol. The van der Waals surface area contributed by atoms with Gasteiger partial charge in [0.15, 0.2) is 0 Å². The van der Waals surface area contributed by atoms with E-state index in [-0.39, 0.29) is 5.92 Å². The van der Waals surface area contributed by atoms with Crippen LogP contribution < -0.4 is 15.5 Å². The highest BCUT2D eigenvalue weighted by atomic mass is 19.4. The van der Waals surface area contributed by atoms with Gasteiger partial charge in [-0.05, 0) is 24.1 Å². The van der Waals surface area contributed by atoms with Gasteiger partial charge < -0.3 is 5.32 Å². The second-order valence-electron chi connectivity index (χ2n) is 8.75. The molecule has 0 unspecified atom stereocenters. The van der Waals surface area contributed by atoms with Crippen molar-refractivity contribution in [2.45, 2.75) is 31.6 Å². The van der Waals surface area contributed by atoms with Crippen LogP contribution in [0.3, 0.4) is 0 Å². The fourth-order valence-corrected chi connectivity index (χ4v) is 5.41. The van der Waals surface area contributed by atoms with Crippen LogP contribution in [0, 0.1) is 17.8 Å². The normalized spacial score (nSPS) is 29.1. The first-order valence-electron chi connectivity index (χ1n) is 10.3. The van der Waals surface area contributed by atoms with Crippen LogP contribution in [0.1, 0.15) is 25.0 Å². The summed E-state index contributed by atoms with van der Waals surface area (Å²) in [6, 6.07) is 10.8. The van der Waals surface area contributed by atoms with Crippen LogP contribution in [0.4, 0.5) is 24.5 Å². The lowest BCUT2D eigenvalue weighted by Crippen LogP contribution is -2.54. The van der Waals surface area contributed by atoms with Gasteiger partial charge in [-0.25, -0.2) is 4.90 Å². The lowest BCUT2D eigenvalue weighted by Gasteiger charge is -2.30. The molecule has 3 aliphatic rings. The molecule has 0 aliphatic carbocycles. The van der Waals surface area contributed by atoms with Gasteiger partial charge >= 0.3 is 6.18 Å². The number of carbonyl (C=O) groups is 3. The molecule has 0 bridgehead atoms. The minimum atomic E-state index is -4.75. The van der Waals surface area contributed by atoms with Gasteiger partial charge in [-0.1, -0.05) is 44.2 Å². The summed E-state index contributed by atoms with van der Waals surface area (Å²) in [5.41, 5.74) is -2.06. The predicted molar refractivity (Wildman–Crippen MR) is 109 cm³/mol. The lowest BCUT2D eigenvalue weighted by atomic mass is 9.76. The fraction of sp³-hybridized carbons (Fsp3) is 0.348. The van der Waals surface area contributed by atoms with Gasteiger partial charge in [0, 0.05) is 17.3 Å². The first kappa shape index (κ1) is 20.7. The number of imide groups is 1. The zero-order chi connectivity index (χ0) is 23.0. The molecule has 9 heteroatoms. The van der Waals surface area contributed by atoms with Crippen LogP contribution in [-0.2, 0) is 26.1 Å². The van der Waals surface area contributed by atoms with Gasteiger partial charge in [-0.15, -0.1) is 0 Å². The van der Waals surface area contributed by atoms with Gasteiger partial charge in [0.2, 0.25) is 17.7 Å². The molecule has 32 heavy (non-hydrogen) atoms.